The smallest absolute Gasteiger partial charge is 0.210 e. The summed E-state index contributed by atoms with van der Waals surface area (Å²) in [6.07, 6.45) is 2.01. The summed E-state index contributed by atoms with van der Waals surface area (Å²) in [5.74, 6) is -0.0232. The Hall–Kier alpha value is -1.20. The number of Topliss-reactive ketones (excluding diaryl/α,β-unsaturated/α-hetero) is 1. The summed E-state index contributed by atoms with van der Waals surface area (Å²) in [7, 11) is 3.23. The van der Waals surface area contributed by atoms with Crippen molar-refractivity contribution >= 4 is 5.78 Å². The molecule has 5 heteroatoms. The Morgan fingerprint density at radius 3 is 2.63 bits per heavy atom. The maximum atomic E-state index is 12.5. The Labute approximate surface area is 114 Å². The standard InChI is InChI=1S/C14H24N2O3/c1-14(2,3)13(19-5)12(17)11-7-8-15-16(11)9-6-10-18-4/h7-8,13H,6,9-10H2,1-5H3. The minimum atomic E-state index is -0.467. The molecule has 0 aliphatic heterocycles. The Kier molecular flexibility index (Phi) is 5.69. The number of hydrogen-bond donors (Lipinski definition) is 0. The SMILES string of the molecule is COCCCn1nccc1C(=O)C(OC)C(C)(C)C. The number of ketones is 1. The van der Waals surface area contributed by atoms with Crippen LogP contribution in [0.1, 0.15) is 37.7 Å². The first-order valence-electron chi connectivity index (χ1n) is 6.49. The van der Waals surface area contributed by atoms with Gasteiger partial charge in [-0.05, 0) is 17.9 Å². The van der Waals surface area contributed by atoms with Gasteiger partial charge in [-0.2, -0.15) is 5.10 Å². The van der Waals surface area contributed by atoms with E-state index in [1.165, 1.54) is 0 Å². The van der Waals surface area contributed by atoms with Crippen LogP contribution in [0.2, 0.25) is 0 Å². The van der Waals surface area contributed by atoms with Crippen LogP contribution >= 0.6 is 0 Å². The summed E-state index contributed by atoms with van der Waals surface area (Å²) in [6, 6.07) is 1.74. The predicted octanol–water partition coefficient (Wildman–Crippen LogP) is 2.16. The first kappa shape index (κ1) is 15.9. The van der Waals surface area contributed by atoms with Gasteiger partial charge in [-0.25, -0.2) is 0 Å². The van der Waals surface area contributed by atoms with Crippen LogP contribution in [0.15, 0.2) is 12.3 Å². The van der Waals surface area contributed by atoms with Gasteiger partial charge in [-0.3, -0.25) is 9.48 Å². The van der Waals surface area contributed by atoms with E-state index in [9.17, 15) is 4.79 Å². The number of ether oxygens (including phenoxy) is 2. The van der Waals surface area contributed by atoms with Crippen molar-refractivity contribution in [2.24, 2.45) is 5.41 Å². The molecule has 0 aliphatic carbocycles. The van der Waals surface area contributed by atoms with Crippen LogP contribution in [0.3, 0.4) is 0 Å². The van der Waals surface area contributed by atoms with Crippen LogP contribution in [0, 0.1) is 5.41 Å². The predicted molar refractivity (Wildman–Crippen MR) is 73.3 cm³/mol. The maximum Gasteiger partial charge on any atom is 0.210 e. The van der Waals surface area contributed by atoms with Crippen LogP contribution in [0.5, 0.6) is 0 Å². The van der Waals surface area contributed by atoms with Crippen molar-refractivity contribution in [1.29, 1.82) is 0 Å². The Morgan fingerprint density at radius 2 is 2.11 bits per heavy atom. The number of aryl methyl sites for hydroxylation is 1. The molecule has 1 aromatic rings. The molecule has 0 saturated carbocycles. The fourth-order valence-electron chi connectivity index (χ4n) is 2.07. The second kappa shape index (κ2) is 6.82. The first-order valence-corrected chi connectivity index (χ1v) is 6.49. The molecule has 0 aliphatic rings. The van der Waals surface area contributed by atoms with Gasteiger partial charge < -0.3 is 9.47 Å². The summed E-state index contributed by atoms with van der Waals surface area (Å²) in [5, 5.41) is 4.19. The van der Waals surface area contributed by atoms with Gasteiger partial charge in [-0.1, -0.05) is 20.8 Å². The van der Waals surface area contributed by atoms with Gasteiger partial charge in [0.15, 0.2) is 0 Å². The highest BCUT2D eigenvalue weighted by Gasteiger charge is 2.33. The molecular weight excluding hydrogens is 244 g/mol. The lowest BCUT2D eigenvalue weighted by Gasteiger charge is -2.28. The van der Waals surface area contributed by atoms with E-state index < -0.39 is 6.10 Å². The monoisotopic (exact) mass is 268 g/mol. The van der Waals surface area contributed by atoms with E-state index in [2.05, 4.69) is 5.10 Å². The molecule has 108 valence electrons. The van der Waals surface area contributed by atoms with Crippen LogP contribution in [-0.4, -0.2) is 42.5 Å². The van der Waals surface area contributed by atoms with E-state index in [0.717, 1.165) is 6.42 Å². The number of carbonyl (C=O) groups excluding carboxylic acids is 1. The molecule has 1 unspecified atom stereocenters. The third-order valence-electron chi connectivity index (χ3n) is 2.95. The first-order chi connectivity index (χ1) is 8.91. The summed E-state index contributed by atoms with van der Waals surface area (Å²) in [4.78, 5) is 12.5. The second-order valence-electron chi connectivity index (χ2n) is 5.63. The van der Waals surface area contributed by atoms with E-state index in [1.807, 2.05) is 20.8 Å². The number of carbonyl (C=O) groups is 1. The largest absolute Gasteiger partial charge is 0.385 e. The van der Waals surface area contributed by atoms with Gasteiger partial charge in [-0.15, -0.1) is 0 Å². The fourth-order valence-corrected chi connectivity index (χ4v) is 2.07. The zero-order chi connectivity index (χ0) is 14.5. The molecule has 1 atom stereocenters. The third-order valence-corrected chi connectivity index (χ3v) is 2.95. The highest BCUT2D eigenvalue weighted by Crippen LogP contribution is 2.25. The van der Waals surface area contributed by atoms with Gasteiger partial charge in [0, 0.05) is 33.6 Å². The average Bonchev–Trinajstić information content (AvgIpc) is 2.76. The topological polar surface area (TPSA) is 53.4 Å². The minimum Gasteiger partial charge on any atom is -0.385 e. The highest BCUT2D eigenvalue weighted by atomic mass is 16.5. The van der Waals surface area contributed by atoms with Crippen molar-refractivity contribution in [2.45, 2.75) is 39.8 Å². The molecule has 0 amide bonds. The van der Waals surface area contributed by atoms with Crippen LogP contribution in [0.25, 0.3) is 0 Å². The molecular formula is C14H24N2O3. The Morgan fingerprint density at radius 1 is 1.42 bits per heavy atom. The van der Waals surface area contributed by atoms with E-state index >= 15 is 0 Å². The molecule has 0 fully saturated rings. The van der Waals surface area contributed by atoms with E-state index in [1.54, 1.807) is 31.2 Å². The van der Waals surface area contributed by atoms with Gasteiger partial charge in [0.2, 0.25) is 5.78 Å². The Bertz CT molecular complexity index is 407. The van der Waals surface area contributed by atoms with E-state index in [0.29, 0.717) is 18.8 Å². The molecule has 19 heavy (non-hydrogen) atoms. The third kappa shape index (κ3) is 4.14. The Balaban J connectivity index is 2.84. The zero-order valence-corrected chi connectivity index (χ0v) is 12.5. The lowest BCUT2D eigenvalue weighted by Crippen LogP contribution is -2.37. The van der Waals surface area contributed by atoms with Gasteiger partial charge in [0.1, 0.15) is 11.8 Å². The number of methoxy groups -OCH3 is 2. The zero-order valence-electron chi connectivity index (χ0n) is 12.5. The number of rotatable bonds is 7. The van der Waals surface area contributed by atoms with Gasteiger partial charge in [0.05, 0.1) is 0 Å². The lowest BCUT2D eigenvalue weighted by molar-refractivity contribution is 0.0187. The van der Waals surface area contributed by atoms with Crippen LogP contribution in [-0.2, 0) is 16.0 Å². The van der Waals surface area contributed by atoms with E-state index in [4.69, 9.17) is 9.47 Å². The summed E-state index contributed by atoms with van der Waals surface area (Å²) in [5.41, 5.74) is 0.353. The number of nitrogens with zero attached hydrogens (tertiary/aromatic N) is 2. The molecule has 1 rings (SSSR count). The molecule has 1 aromatic heterocycles. The van der Waals surface area contributed by atoms with Crippen molar-refractivity contribution in [3.8, 4) is 0 Å². The molecule has 0 aromatic carbocycles. The molecule has 0 bridgehead atoms. The van der Waals surface area contributed by atoms with Crippen molar-refractivity contribution < 1.29 is 14.3 Å². The van der Waals surface area contributed by atoms with Gasteiger partial charge >= 0.3 is 0 Å². The van der Waals surface area contributed by atoms with Crippen molar-refractivity contribution in [1.82, 2.24) is 9.78 Å². The fraction of sp³-hybridized carbons (Fsp3) is 0.714. The summed E-state index contributed by atoms with van der Waals surface area (Å²) >= 11 is 0. The molecule has 0 N–H and O–H groups in total. The quantitative estimate of drug-likeness (QED) is 0.562. The molecule has 0 saturated heterocycles. The minimum absolute atomic E-state index is 0.0232. The maximum absolute atomic E-state index is 12.5. The normalized spacial score (nSPS) is 13.5. The molecule has 0 radical (unpaired) electrons. The highest BCUT2D eigenvalue weighted by molar-refractivity contribution is 5.98. The summed E-state index contributed by atoms with van der Waals surface area (Å²) < 4.78 is 12.1. The number of aromatic nitrogens is 2. The van der Waals surface area contributed by atoms with Crippen molar-refractivity contribution in [2.75, 3.05) is 20.8 Å². The van der Waals surface area contributed by atoms with Gasteiger partial charge in [0.25, 0.3) is 0 Å². The number of hydrogen-bond acceptors (Lipinski definition) is 4. The lowest BCUT2D eigenvalue weighted by atomic mass is 9.85. The average molecular weight is 268 g/mol. The van der Waals surface area contributed by atoms with E-state index in [-0.39, 0.29) is 11.2 Å². The summed E-state index contributed by atoms with van der Waals surface area (Å²) in [6.45, 7) is 7.29. The molecule has 0 spiro atoms. The van der Waals surface area contributed by atoms with Crippen molar-refractivity contribution in [3.63, 3.8) is 0 Å². The van der Waals surface area contributed by atoms with Crippen molar-refractivity contribution in [3.05, 3.63) is 18.0 Å². The second-order valence-corrected chi connectivity index (χ2v) is 5.63. The molecule has 1 heterocycles. The van der Waals surface area contributed by atoms with Crippen LogP contribution in [0.4, 0.5) is 0 Å². The van der Waals surface area contributed by atoms with Crippen LogP contribution < -0.4 is 0 Å². The molecule has 5 nitrogen and oxygen atoms in total.